The van der Waals surface area contributed by atoms with Crippen LogP contribution in [0.5, 0.6) is 0 Å². The molecule has 1 aliphatic rings. The van der Waals surface area contributed by atoms with E-state index in [-0.39, 0.29) is 23.8 Å². The maximum atomic E-state index is 12.2. The van der Waals surface area contributed by atoms with Crippen LogP contribution >= 0.6 is 0 Å². The van der Waals surface area contributed by atoms with Crippen LogP contribution in [0.1, 0.15) is 63.5 Å². The molecule has 1 unspecified atom stereocenters. The predicted octanol–water partition coefficient (Wildman–Crippen LogP) is 3.89. The van der Waals surface area contributed by atoms with Gasteiger partial charge in [0.15, 0.2) is 0 Å². The Bertz CT molecular complexity index is 990. The summed E-state index contributed by atoms with van der Waals surface area (Å²) in [6.45, 7) is 2.21. The molecule has 33 heavy (non-hydrogen) atoms. The minimum atomic E-state index is -0.382. The van der Waals surface area contributed by atoms with Crippen molar-refractivity contribution in [2.45, 2.75) is 57.9 Å². The van der Waals surface area contributed by atoms with Crippen LogP contribution in [0.4, 0.5) is 11.4 Å². The van der Waals surface area contributed by atoms with Gasteiger partial charge in [-0.25, -0.2) is 5.48 Å². The van der Waals surface area contributed by atoms with Gasteiger partial charge in [0.2, 0.25) is 17.7 Å². The monoisotopic (exact) mass is 452 g/mol. The largest absolute Gasteiger partial charge is 0.326 e. The number of rotatable bonds is 9. The highest BCUT2D eigenvalue weighted by Gasteiger charge is 2.25. The van der Waals surface area contributed by atoms with Crippen molar-refractivity contribution >= 4 is 29.1 Å². The lowest BCUT2D eigenvalue weighted by molar-refractivity contribution is -0.129. The van der Waals surface area contributed by atoms with Gasteiger partial charge in [-0.05, 0) is 60.2 Å². The van der Waals surface area contributed by atoms with Crippen molar-refractivity contribution in [3.05, 3.63) is 48.0 Å². The molecule has 0 radical (unpaired) electrons. The Labute approximate surface area is 194 Å². The Morgan fingerprint density at radius 1 is 0.970 bits per heavy atom. The lowest BCUT2D eigenvalue weighted by Crippen LogP contribution is -2.36. The number of hydrogen-bond donors (Lipinski definition) is 4. The number of carbonyl (C=O) groups is 3. The van der Waals surface area contributed by atoms with Gasteiger partial charge in [-0.2, -0.15) is 0 Å². The first-order valence-corrected chi connectivity index (χ1v) is 11.4. The van der Waals surface area contributed by atoms with Crippen molar-refractivity contribution in [2.24, 2.45) is 5.73 Å². The standard InChI is InChI=1S/C25H32N4O4/c1-17(30)29-15-14-22(26)21-16-19(10-13-23(21)29)18-8-11-20(12-9-18)27-24(31)6-4-2-3-5-7-25(32)28-33/h8-13,16,22,33H,2-7,14-15,26H2,1H3,(H,27,31)(H,28,32). The lowest BCUT2D eigenvalue weighted by atomic mass is 9.93. The molecule has 1 atom stereocenters. The van der Waals surface area contributed by atoms with Crippen molar-refractivity contribution in [3.63, 3.8) is 0 Å². The molecule has 2 aromatic rings. The second kappa shape index (κ2) is 11.6. The second-order valence-corrected chi connectivity index (χ2v) is 8.41. The summed E-state index contributed by atoms with van der Waals surface area (Å²) in [6, 6.07) is 13.6. The first kappa shape index (κ1) is 24.4. The number of hydrogen-bond acceptors (Lipinski definition) is 5. The van der Waals surface area contributed by atoms with Crippen LogP contribution in [0.15, 0.2) is 42.5 Å². The molecule has 2 aromatic carbocycles. The lowest BCUT2D eigenvalue weighted by Gasteiger charge is -2.32. The number of nitrogens with two attached hydrogens (primary N) is 1. The van der Waals surface area contributed by atoms with Gasteiger partial charge in [-0.3, -0.25) is 19.6 Å². The number of amides is 3. The van der Waals surface area contributed by atoms with Crippen molar-refractivity contribution in [1.82, 2.24) is 5.48 Å². The Morgan fingerprint density at radius 2 is 1.61 bits per heavy atom. The van der Waals surface area contributed by atoms with Crippen LogP contribution in [0, 0.1) is 0 Å². The Balaban J connectivity index is 1.53. The van der Waals surface area contributed by atoms with Crippen LogP contribution in [0.3, 0.4) is 0 Å². The van der Waals surface area contributed by atoms with E-state index < -0.39 is 0 Å². The van der Waals surface area contributed by atoms with Gasteiger partial charge in [0.05, 0.1) is 0 Å². The fourth-order valence-corrected chi connectivity index (χ4v) is 4.10. The minimum absolute atomic E-state index is 0.0186. The number of fused-ring (bicyclic) bond motifs is 1. The van der Waals surface area contributed by atoms with Gasteiger partial charge < -0.3 is 16.0 Å². The van der Waals surface area contributed by atoms with Crippen LogP contribution in [-0.4, -0.2) is 29.5 Å². The number of benzene rings is 2. The van der Waals surface area contributed by atoms with E-state index in [1.54, 1.807) is 17.3 Å². The van der Waals surface area contributed by atoms with E-state index in [0.717, 1.165) is 53.7 Å². The molecule has 0 aromatic heterocycles. The molecular weight excluding hydrogens is 420 g/mol. The van der Waals surface area contributed by atoms with E-state index in [9.17, 15) is 14.4 Å². The zero-order valence-corrected chi connectivity index (χ0v) is 19.0. The summed E-state index contributed by atoms with van der Waals surface area (Å²) in [5.74, 6) is -0.405. The van der Waals surface area contributed by atoms with Gasteiger partial charge in [0.1, 0.15) is 0 Å². The Morgan fingerprint density at radius 3 is 2.24 bits per heavy atom. The summed E-state index contributed by atoms with van der Waals surface area (Å²) in [4.78, 5) is 36.8. The molecule has 3 rings (SSSR count). The molecule has 1 heterocycles. The highest BCUT2D eigenvalue weighted by atomic mass is 16.5. The summed E-state index contributed by atoms with van der Waals surface area (Å²) < 4.78 is 0. The number of hydroxylamine groups is 1. The molecule has 0 bridgehead atoms. The normalized spacial score (nSPS) is 15.0. The predicted molar refractivity (Wildman–Crippen MR) is 128 cm³/mol. The molecule has 0 saturated carbocycles. The highest BCUT2D eigenvalue weighted by Crippen LogP contribution is 2.36. The highest BCUT2D eigenvalue weighted by molar-refractivity contribution is 5.94. The van der Waals surface area contributed by atoms with Crippen LogP contribution < -0.4 is 21.4 Å². The summed E-state index contributed by atoms with van der Waals surface area (Å²) in [5, 5.41) is 11.4. The van der Waals surface area contributed by atoms with Crippen LogP contribution in [-0.2, 0) is 14.4 Å². The molecule has 0 spiro atoms. The number of anilines is 2. The van der Waals surface area contributed by atoms with E-state index in [2.05, 4.69) is 5.32 Å². The fraction of sp³-hybridized carbons (Fsp3) is 0.400. The first-order chi connectivity index (χ1) is 15.9. The average Bonchev–Trinajstić information content (AvgIpc) is 2.81. The van der Waals surface area contributed by atoms with Crippen LogP contribution in [0.2, 0.25) is 0 Å². The number of nitrogens with zero attached hydrogens (tertiary/aromatic N) is 1. The average molecular weight is 453 g/mol. The second-order valence-electron chi connectivity index (χ2n) is 8.41. The maximum absolute atomic E-state index is 12.2. The van der Waals surface area contributed by atoms with Gasteiger partial charge in [0, 0.05) is 43.7 Å². The van der Waals surface area contributed by atoms with Crippen LogP contribution in [0.25, 0.3) is 11.1 Å². The van der Waals surface area contributed by atoms with Gasteiger partial charge >= 0.3 is 0 Å². The molecule has 1 aliphatic heterocycles. The van der Waals surface area contributed by atoms with Gasteiger partial charge in [-0.1, -0.05) is 31.0 Å². The third-order valence-electron chi connectivity index (χ3n) is 5.95. The van der Waals surface area contributed by atoms with Crippen molar-refractivity contribution in [3.8, 4) is 11.1 Å². The molecule has 0 aliphatic carbocycles. The van der Waals surface area contributed by atoms with Crippen molar-refractivity contribution < 1.29 is 19.6 Å². The van der Waals surface area contributed by atoms with Gasteiger partial charge in [0.25, 0.3) is 0 Å². The number of nitrogens with one attached hydrogen (secondary N) is 2. The molecule has 8 heteroatoms. The molecule has 0 saturated heterocycles. The first-order valence-electron chi connectivity index (χ1n) is 11.4. The zero-order valence-electron chi connectivity index (χ0n) is 19.0. The molecular formula is C25H32N4O4. The SMILES string of the molecule is CC(=O)N1CCC(N)c2cc(-c3ccc(NC(=O)CCCCCCC(=O)NO)cc3)ccc21. The van der Waals surface area contributed by atoms with E-state index in [1.807, 2.05) is 42.5 Å². The molecule has 0 fully saturated rings. The Kier molecular flexibility index (Phi) is 8.57. The third-order valence-corrected chi connectivity index (χ3v) is 5.95. The molecule has 3 amide bonds. The summed E-state index contributed by atoms with van der Waals surface area (Å²) >= 11 is 0. The zero-order chi connectivity index (χ0) is 23.8. The minimum Gasteiger partial charge on any atom is -0.326 e. The molecule has 5 N–H and O–H groups in total. The molecule has 176 valence electrons. The quantitative estimate of drug-likeness (QED) is 0.261. The van der Waals surface area contributed by atoms with E-state index in [0.29, 0.717) is 25.8 Å². The smallest absolute Gasteiger partial charge is 0.243 e. The van der Waals surface area contributed by atoms with E-state index in [1.165, 1.54) is 0 Å². The third kappa shape index (κ3) is 6.63. The fourth-order valence-electron chi connectivity index (χ4n) is 4.10. The summed E-state index contributed by atoms with van der Waals surface area (Å²) in [6.07, 6.45) is 4.58. The van der Waals surface area contributed by atoms with E-state index >= 15 is 0 Å². The van der Waals surface area contributed by atoms with E-state index in [4.69, 9.17) is 10.9 Å². The van der Waals surface area contributed by atoms with Crippen molar-refractivity contribution in [2.75, 3.05) is 16.8 Å². The van der Waals surface area contributed by atoms with Gasteiger partial charge in [-0.15, -0.1) is 0 Å². The number of carbonyl (C=O) groups excluding carboxylic acids is 3. The summed E-state index contributed by atoms with van der Waals surface area (Å²) in [7, 11) is 0. The van der Waals surface area contributed by atoms with Crippen molar-refractivity contribution in [1.29, 1.82) is 0 Å². The summed E-state index contributed by atoms with van der Waals surface area (Å²) in [5.41, 5.74) is 12.5. The number of unbranched alkanes of at least 4 members (excludes halogenated alkanes) is 3. The topological polar surface area (TPSA) is 125 Å². The Hall–Kier alpha value is -3.23. The maximum Gasteiger partial charge on any atom is 0.243 e. The molecule has 8 nitrogen and oxygen atoms in total.